The van der Waals surface area contributed by atoms with Gasteiger partial charge in [-0.1, -0.05) is 60.7 Å². The number of hydrogen-bond acceptors (Lipinski definition) is 6. The van der Waals surface area contributed by atoms with Gasteiger partial charge in [0.25, 0.3) is 5.91 Å². The summed E-state index contributed by atoms with van der Waals surface area (Å²) in [7, 11) is 0. The SMILES string of the molecule is O=C(c1ccc([N+](=O)[O-])o1)N1CC(C(=O)N2CCN(C(c3ccccc3)c3ccccc3)CC2)C1. The van der Waals surface area contributed by atoms with E-state index in [2.05, 4.69) is 53.4 Å². The minimum absolute atomic E-state index is 0.0510. The molecular formula is C26H26N4O5. The molecule has 1 aromatic heterocycles. The highest BCUT2D eigenvalue weighted by molar-refractivity contribution is 5.94. The quantitative estimate of drug-likeness (QED) is 0.402. The van der Waals surface area contributed by atoms with Gasteiger partial charge in [0.2, 0.25) is 5.91 Å². The van der Waals surface area contributed by atoms with Gasteiger partial charge in [0.1, 0.15) is 4.92 Å². The molecule has 2 fully saturated rings. The molecule has 5 rings (SSSR count). The third-order valence-corrected chi connectivity index (χ3v) is 6.72. The molecule has 9 nitrogen and oxygen atoms in total. The van der Waals surface area contributed by atoms with Crippen LogP contribution < -0.4 is 0 Å². The Morgan fingerprint density at radius 1 is 0.829 bits per heavy atom. The highest BCUT2D eigenvalue weighted by atomic mass is 16.6. The molecule has 0 saturated carbocycles. The Morgan fingerprint density at radius 2 is 1.40 bits per heavy atom. The van der Waals surface area contributed by atoms with Crippen molar-refractivity contribution in [3.63, 3.8) is 0 Å². The molecule has 2 amide bonds. The molecule has 180 valence electrons. The number of amides is 2. The smallest absolute Gasteiger partial charge is 0.395 e. The fourth-order valence-electron chi connectivity index (χ4n) is 4.84. The number of nitro groups is 1. The predicted molar refractivity (Wildman–Crippen MR) is 128 cm³/mol. The maximum Gasteiger partial charge on any atom is 0.433 e. The second-order valence-corrected chi connectivity index (χ2v) is 8.89. The summed E-state index contributed by atoms with van der Waals surface area (Å²) in [5.41, 5.74) is 2.45. The number of nitrogens with zero attached hydrogens (tertiary/aromatic N) is 4. The number of likely N-dealkylation sites (tertiary alicyclic amines) is 1. The van der Waals surface area contributed by atoms with E-state index in [1.807, 2.05) is 17.0 Å². The van der Waals surface area contributed by atoms with Crippen LogP contribution in [0.2, 0.25) is 0 Å². The number of furan rings is 1. The lowest BCUT2D eigenvalue weighted by molar-refractivity contribution is -0.402. The Bertz CT molecular complexity index is 1160. The van der Waals surface area contributed by atoms with Crippen LogP contribution in [0.15, 0.2) is 77.2 Å². The van der Waals surface area contributed by atoms with E-state index in [9.17, 15) is 19.7 Å². The summed E-state index contributed by atoms with van der Waals surface area (Å²) >= 11 is 0. The van der Waals surface area contributed by atoms with E-state index in [0.717, 1.165) is 19.2 Å². The molecule has 0 unspecified atom stereocenters. The molecule has 0 bridgehead atoms. The number of carbonyl (C=O) groups excluding carboxylic acids is 2. The van der Waals surface area contributed by atoms with Crippen LogP contribution in [0.25, 0.3) is 0 Å². The zero-order valence-corrected chi connectivity index (χ0v) is 19.2. The molecule has 0 spiro atoms. The fourth-order valence-corrected chi connectivity index (χ4v) is 4.84. The maximum absolute atomic E-state index is 13.1. The molecule has 2 saturated heterocycles. The van der Waals surface area contributed by atoms with E-state index in [0.29, 0.717) is 26.2 Å². The molecular weight excluding hydrogens is 448 g/mol. The van der Waals surface area contributed by atoms with E-state index in [1.165, 1.54) is 22.1 Å². The van der Waals surface area contributed by atoms with Gasteiger partial charge in [-0.15, -0.1) is 0 Å². The van der Waals surface area contributed by atoms with Gasteiger partial charge in [0, 0.05) is 39.3 Å². The average molecular weight is 475 g/mol. The molecule has 0 radical (unpaired) electrons. The first-order chi connectivity index (χ1) is 17.0. The van der Waals surface area contributed by atoms with Crippen molar-refractivity contribution in [3.05, 3.63) is 99.8 Å². The lowest BCUT2D eigenvalue weighted by atomic mass is 9.95. The Hall–Kier alpha value is -3.98. The van der Waals surface area contributed by atoms with Crippen molar-refractivity contribution < 1.29 is 18.9 Å². The Morgan fingerprint density at radius 3 is 1.91 bits per heavy atom. The van der Waals surface area contributed by atoms with Gasteiger partial charge in [-0.05, 0) is 17.2 Å². The lowest BCUT2D eigenvalue weighted by Gasteiger charge is -2.44. The van der Waals surface area contributed by atoms with E-state index >= 15 is 0 Å². The van der Waals surface area contributed by atoms with Gasteiger partial charge in [0.05, 0.1) is 18.0 Å². The van der Waals surface area contributed by atoms with Gasteiger partial charge >= 0.3 is 5.88 Å². The molecule has 0 atom stereocenters. The Kier molecular flexibility index (Phi) is 6.33. The minimum Gasteiger partial charge on any atom is -0.395 e. The summed E-state index contributed by atoms with van der Waals surface area (Å²) in [5, 5.41) is 10.8. The van der Waals surface area contributed by atoms with Crippen molar-refractivity contribution in [2.45, 2.75) is 6.04 Å². The highest BCUT2D eigenvalue weighted by Crippen LogP contribution is 2.30. The molecule has 0 N–H and O–H groups in total. The van der Waals surface area contributed by atoms with Crippen LogP contribution in [0.5, 0.6) is 0 Å². The summed E-state index contributed by atoms with van der Waals surface area (Å²) in [5.74, 6) is -1.18. The van der Waals surface area contributed by atoms with E-state index in [1.54, 1.807) is 0 Å². The van der Waals surface area contributed by atoms with Crippen molar-refractivity contribution in [1.29, 1.82) is 0 Å². The molecule has 9 heteroatoms. The third kappa shape index (κ3) is 4.67. The van der Waals surface area contributed by atoms with Crippen LogP contribution in [0, 0.1) is 16.0 Å². The van der Waals surface area contributed by atoms with Gasteiger partial charge < -0.3 is 14.2 Å². The van der Waals surface area contributed by atoms with E-state index < -0.39 is 16.7 Å². The van der Waals surface area contributed by atoms with Crippen LogP contribution in [0.1, 0.15) is 27.7 Å². The molecule has 3 heterocycles. The van der Waals surface area contributed by atoms with Crippen LogP contribution in [-0.2, 0) is 4.79 Å². The maximum atomic E-state index is 13.1. The highest BCUT2D eigenvalue weighted by Gasteiger charge is 2.40. The second-order valence-electron chi connectivity index (χ2n) is 8.89. The first-order valence-electron chi connectivity index (χ1n) is 11.7. The largest absolute Gasteiger partial charge is 0.433 e. The number of benzene rings is 2. The molecule has 2 aliphatic rings. The topological polar surface area (TPSA) is 100 Å². The Labute approximate surface area is 202 Å². The zero-order valence-electron chi connectivity index (χ0n) is 19.2. The molecule has 35 heavy (non-hydrogen) atoms. The average Bonchev–Trinajstić information content (AvgIpc) is 3.36. The monoisotopic (exact) mass is 474 g/mol. The van der Waals surface area contributed by atoms with E-state index in [4.69, 9.17) is 4.42 Å². The van der Waals surface area contributed by atoms with Crippen molar-refractivity contribution in [3.8, 4) is 0 Å². The van der Waals surface area contributed by atoms with Gasteiger partial charge in [0.15, 0.2) is 5.76 Å². The first kappa shape index (κ1) is 22.8. The van der Waals surface area contributed by atoms with Gasteiger partial charge in [-0.2, -0.15) is 0 Å². The fraction of sp³-hybridized carbons (Fsp3) is 0.308. The van der Waals surface area contributed by atoms with Crippen molar-refractivity contribution >= 4 is 17.7 Å². The number of hydrogen-bond donors (Lipinski definition) is 0. The molecule has 3 aromatic rings. The number of rotatable bonds is 6. The standard InChI is InChI=1S/C26H26N4O5/c31-25(21-17-29(18-21)26(32)22-11-12-23(35-22)30(33)34)28-15-13-27(14-16-28)24(19-7-3-1-4-8-19)20-9-5-2-6-10-20/h1-12,21,24H,13-18H2. The van der Waals surface area contributed by atoms with Gasteiger partial charge in [-0.3, -0.25) is 24.6 Å². The number of carbonyl (C=O) groups is 2. The molecule has 0 aliphatic carbocycles. The van der Waals surface area contributed by atoms with Crippen LogP contribution in [-0.4, -0.2) is 70.7 Å². The normalized spacial score (nSPS) is 16.8. The summed E-state index contributed by atoms with van der Waals surface area (Å²) in [6, 6.07) is 23.4. The molecule has 2 aromatic carbocycles. The van der Waals surface area contributed by atoms with Crippen molar-refractivity contribution in [2.24, 2.45) is 5.92 Å². The van der Waals surface area contributed by atoms with Crippen molar-refractivity contribution in [1.82, 2.24) is 14.7 Å². The molecule has 2 aliphatic heterocycles. The predicted octanol–water partition coefficient (Wildman–Crippen LogP) is 3.19. The number of piperazine rings is 1. The Balaban J connectivity index is 1.18. The lowest BCUT2D eigenvalue weighted by Crippen LogP contribution is -2.59. The second kappa shape index (κ2) is 9.71. The summed E-state index contributed by atoms with van der Waals surface area (Å²) in [6.07, 6.45) is 0. The first-order valence-corrected chi connectivity index (χ1v) is 11.7. The summed E-state index contributed by atoms with van der Waals surface area (Å²) in [6.45, 7) is 3.36. The summed E-state index contributed by atoms with van der Waals surface area (Å²) < 4.78 is 4.99. The summed E-state index contributed by atoms with van der Waals surface area (Å²) in [4.78, 5) is 41.4. The van der Waals surface area contributed by atoms with Crippen molar-refractivity contribution in [2.75, 3.05) is 39.3 Å². The zero-order chi connectivity index (χ0) is 24.4. The van der Waals surface area contributed by atoms with Gasteiger partial charge in [-0.25, -0.2) is 0 Å². The minimum atomic E-state index is -0.682. The third-order valence-electron chi connectivity index (χ3n) is 6.72. The van der Waals surface area contributed by atoms with E-state index in [-0.39, 0.29) is 23.6 Å². The van der Waals surface area contributed by atoms with Crippen LogP contribution >= 0.6 is 0 Å². The van der Waals surface area contributed by atoms with Crippen LogP contribution in [0.3, 0.4) is 0 Å². The van der Waals surface area contributed by atoms with Crippen LogP contribution in [0.4, 0.5) is 5.88 Å².